The molecule has 274 valence electrons. The van der Waals surface area contributed by atoms with Crippen LogP contribution in [0.5, 0.6) is 0 Å². The molecule has 0 saturated heterocycles. The van der Waals surface area contributed by atoms with Crippen LogP contribution in [0.2, 0.25) is 0 Å². The van der Waals surface area contributed by atoms with Crippen LogP contribution >= 0.6 is 0 Å². The Kier molecular flexibility index (Phi) is 7.61. The van der Waals surface area contributed by atoms with Crippen LogP contribution in [-0.2, 0) is 0 Å². The second-order valence-corrected chi connectivity index (χ2v) is 15.5. The molecule has 0 bridgehead atoms. The average molecular weight is 749 g/mol. The Balaban J connectivity index is 1.09. The van der Waals surface area contributed by atoms with Gasteiger partial charge in [-0.25, -0.2) is 0 Å². The van der Waals surface area contributed by atoms with E-state index in [0.717, 1.165) is 21.9 Å². The maximum absolute atomic E-state index is 6.39. The Hall–Kier alpha value is -7.74. The van der Waals surface area contributed by atoms with Gasteiger partial charge in [0.25, 0.3) is 0 Å². The lowest BCUT2D eigenvalue weighted by atomic mass is 9.83. The third-order valence-electron chi connectivity index (χ3n) is 12.3. The van der Waals surface area contributed by atoms with E-state index >= 15 is 0 Å². The second kappa shape index (κ2) is 13.4. The van der Waals surface area contributed by atoms with E-state index in [0.29, 0.717) is 0 Å². The number of hydrogen-bond acceptors (Lipinski definition) is 1. The molecule has 0 radical (unpaired) electrons. The lowest BCUT2D eigenvalue weighted by molar-refractivity contribution is 0.669. The zero-order chi connectivity index (χ0) is 38.9. The van der Waals surface area contributed by atoms with Gasteiger partial charge in [0.05, 0.1) is 0 Å². The Bertz CT molecular complexity index is 3520. The summed E-state index contributed by atoms with van der Waals surface area (Å²) in [6.45, 7) is 0. The lowest BCUT2D eigenvalue weighted by Crippen LogP contribution is -1.93. The van der Waals surface area contributed by atoms with Crippen LogP contribution in [0, 0.1) is 0 Å². The molecule has 1 aromatic heterocycles. The van der Waals surface area contributed by atoms with E-state index in [4.69, 9.17) is 4.42 Å². The monoisotopic (exact) mass is 748 g/mol. The molecule has 0 aliphatic rings. The van der Waals surface area contributed by atoms with Crippen molar-refractivity contribution < 1.29 is 4.42 Å². The summed E-state index contributed by atoms with van der Waals surface area (Å²) in [4.78, 5) is 0. The van der Waals surface area contributed by atoms with Gasteiger partial charge in [0.2, 0.25) is 0 Å². The summed E-state index contributed by atoms with van der Waals surface area (Å²) < 4.78 is 6.39. The van der Waals surface area contributed by atoms with Crippen molar-refractivity contribution in [1.29, 1.82) is 0 Å². The van der Waals surface area contributed by atoms with Gasteiger partial charge < -0.3 is 4.42 Å². The predicted octanol–water partition coefficient (Wildman–Crippen LogP) is 16.5. The van der Waals surface area contributed by atoms with Gasteiger partial charge in [-0.3, -0.25) is 0 Å². The van der Waals surface area contributed by atoms with Gasteiger partial charge in [-0.2, -0.15) is 0 Å². The van der Waals surface area contributed by atoms with Crippen LogP contribution in [0.4, 0.5) is 0 Å². The highest BCUT2D eigenvalue weighted by Gasteiger charge is 2.21. The Labute approximate surface area is 342 Å². The van der Waals surface area contributed by atoms with Crippen LogP contribution in [0.25, 0.3) is 121 Å². The number of rotatable bonds is 5. The first-order chi connectivity index (χ1) is 29.3. The molecule has 1 nitrogen and oxygen atoms in total. The molecular formula is C58H36O. The number of fused-ring (bicyclic) bond motifs is 7. The standard InChI is InChI=1S/C58H36O/c1-3-16-37(17-4-1)41-34-35-48-51(36-41)56(38-18-5-2-6-19-38)43-21-8-7-20-42(43)55(48)40-32-30-39(31-33-40)54-44-22-9-11-24-46(44)57(47-25-12-10-23-45(47)54)50-27-15-29-53-58(50)49-26-13-14-28-52(49)59-53/h1-36H. The minimum absolute atomic E-state index is 0.907. The number of benzene rings is 11. The second-order valence-electron chi connectivity index (χ2n) is 15.5. The topological polar surface area (TPSA) is 13.1 Å². The van der Waals surface area contributed by atoms with E-state index in [9.17, 15) is 0 Å². The molecule has 0 saturated carbocycles. The van der Waals surface area contributed by atoms with Gasteiger partial charge in [-0.15, -0.1) is 0 Å². The predicted molar refractivity (Wildman–Crippen MR) is 251 cm³/mol. The molecule has 0 aliphatic heterocycles. The Morgan fingerprint density at radius 1 is 0.220 bits per heavy atom. The van der Waals surface area contributed by atoms with Crippen molar-refractivity contribution in [3.8, 4) is 55.6 Å². The molecule has 12 rings (SSSR count). The van der Waals surface area contributed by atoms with Crippen molar-refractivity contribution in [2.45, 2.75) is 0 Å². The average Bonchev–Trinajstić information content (AvgIpc) is 3.70. The fraction of sp³-hybridized carbons (Fsp3) is 0. The molecule has 1 heterocycles. The fourth-order valence-electron chi connectivity index (χ4n) is 9.73. The van der Waals surface area contributed by atoms with E-state index < -0.39 is 0 Å². The third kappa shape index (κ3) is 5.25. The van der Waals surface area contributed by atoms with Crippen LogP contribution in [0.1, 0.15) is 0 Å². The third-order valence-corrected chi connectivity index (χ3v) is 12.3. The van der Waals surface area contributed by atoms with Gasteiger partial charge >= 0.3 is 0 Å². The highest BCUT2D eigenvalue weighted by atomic mass is 16.3. The zero-order valence-corrected chi connectivity index (χ0v) is 32.2. The molecule has 59 heavy (non-hydrogen) atoms. The summed E-state index contributed by atoms with van der Waals surface area (Å²) in [6, 6.07) is 79.5. The number of hydrogen-bond donors (Lipinski definition) is 0. The fourth-order valence-corrected chi connectivity index (χ4v) is 9.73. The largest absolute Gasteiger partial charge is 0.456 e. The highest BCUT2D eigenvalue weighted by molar-refractivity contribution is 6.26. The smallest absolute Gasteiger partial charge is 0.136 e. The zero-order valence-electron chi connectivity index (χ0n) is 32.2. The van der Waals surface area contributed by atoms with Crippen molar-refractivity contribution in [3.05, 3.63) is 218 Å². The normalized spacial score (nSPS) is 11.7. The molecule has 0 N–H and O–H groups in total. The van der Waals surface area contributed by atoms with Crippen molar-refractivity contribution in [2.24, 2.45) is 0 Å². The number of furan rings is 1. The quantitative estimate of drug-likeness (QED) is 0.160. The summed E-state index contributed by atoms with van der Waals surface area (Å²) in [5.41, 5.74) is 14.1. The Morgan fingerprint density at radius 3 is 1.17 bits per heavy atom. The van der Waals surface area contributed by atoms with Gasteiger partial charge in [0.1, 0.15) is 11.2 Å². The summed E-state index contributed by atoms with van der Waals surface area (Å²) in [5, 5.41) is 12.2. The van der Waals surface area contributed by atoms with Gasteiger partial charge in [0, 0.05) is 10.8 Å². The first-order valence-electron chi connectivity index (χ1n) is 20.3. The van der Waals surface area contributed by atoms with E-state index in [2.05, 4.69) is 212 Å². The first kappa shape index (κ1) is 33.4. The molecule has 0 fully saturated rings. The van der Waals surface area contributed by atoms with Gasteiger partial charge in [-0.05, 0) is 117 Å². The van der Waals surface area contributed by atoms with Crippen molar-refractivity contribution >= 4 is 65.0 Å². The van der Waals surface area contributed by atoms with E-state index in [-0.39, 0.29) is 0 Å². The first-order valence-corrected chi connectivity index (χ1v) is 20.3. The van der Waals surface area contributed by atoms with Gasteiger partial charge in [-0.1, -0.05) is 200 Å². The van der Waals surface area contributed by atoms with Crippen LogP contribution < -0.4 is 0 Å². The molecule has 11 aromatic carbocycles. The minimum Gasteiger partial charge on any atom is -0.456 e. The van der Waals surface area contributed by atoms with Crippen molar-refractivity contribution in [2.75, 3.05) is 0 Å². The maximum Gasteiger partial charge on any atom is 0.136 e. The summed E-state index contributed by atoms with van der Waals surface area (Å²) in [7, 11) is 0. The van der Waals surface area contributed by atoms with Crippen LogP contribution in [0.3, 0.4) is 0 Å². The molecular weight excluding hydrogens is 713 g/mol. The van der Waals surface area contributed by atoms with E-state index in [1.807, 2.05) is 6.07 Å². The maximum atomic E-state index is 6.39. The van der Waals surface area contributed by atoms with Gasteiger partial charge in [0.15, 0.2) is 0 Å². The highest BCUT2D eigenvalue weighted by Crippen LogP contribution is 2.48. The van der Waals surface area contributed by atoms with Crippen LogP contribution in [-0.4, -0.2) is 0 Å². The van der Waals surface area contributed by atoms with Crippen LogP contribution in [0.15, 0.2) is 223 Å². The molecule has 0 atom stereocenters. The molecule has 1 heteroatoms. The SMILES string of the molecule is c1ccc(-c2ccc3c(-c4ccc(-c5c6ccccc6c(-c6cccc7oc8ccccc8c67)c6ccccc56)cc4)c4ccccc4c(-c4ccccc4)c3c2)cc1. The molecule has 0 spiro atoms. The van der Waals surface area contributed by atoms with Crippen molar-refractivity contribution in [3.63, 3.8) is 0 Å². The molecule has 0 aliphatic carbocycles. The van der Waals surface area contributed by atoms with E-state index in [1.165, 1.54) is 98.7 Å². The van der Waals surface area contributed by atoms with Crippen molar-refractivity contribution in [1.82, 2.24) is 0 Å². The molecule has 12 aromatic rings. The number of para-hydroxylation sites is 1. The summed E-state index contributed by atoms with van der Waals surface area (Å²) in [5.74, 6) is 0. The lowest BCUT2D eigenvalue weighted by Gasteiger charge is -2.20. The Morgan fingerprint density at radius 2 is 0.610 bits per heavy atom. The molecule has 0 unspecified atom stereocenters. The summed E-state index contributed by atoms with van der Waals surface area (Å²) in [6.07, 6.45) is 0. The summed E-state index contributed by atoms with van der Waals surface area (Å²) >= 11 is 0. The minimum atomic E-state index is 0.907. The molecule has 0 amide bonds. The van der Waals surface area contributed by atoms with E-state index in [1.54, 1.807) is 0 Å².